The molecule has 0 bridgehead atoms. The van der Waals surface area contributed by atoms with Crippen molar-refractivity contribution >= 4 is 17.1 Å². The molecule has 2 rings (SSSR count). The Hall–Kier alpha value is -2.11. The van der Waals surface area contributed by atoms with Crippen LogP contribution >= 0.6 is 0 Å². The molecule has 0 saturated heterocycles. The Bertz CT molecular complexity index is 567. The molecule has 0 unspecified atom stereocenters. The summed E-state index contributed by atoms with van der Waals surface area (Å²) in [4.78, 5) is 28.1. The normalized spacial score (nSPS) is 10.6. The summed E-state index contributed by atoms with van der Waals surface area (Å²) < 4.78 is 1.27. The number of aryl methyl sites for hydroxylation is 1. The van der Waals surface area contributed by atoms with E-state index in [0.717, 1.165) is 0 Å². The van der Waals surface area contributed by atoms with Crippen LogP contribution < -0.4 is 5.69 Å². The van der Waals surface area contributed by atoms with Gasteiger partial charge in [0, 0.05) is 7.05 Å². The first-order valence-electron chi connectivity index (χ1n) is 3.88. The van der Waals surface area contributed by atoms with Gasteiger partial charge in [0.2, 0.25) is 0 Å². The number of H-pyrrole nitrogens is 1. The first kappa shape index (κ1) is 8.49. The Labute approximate surface area is 77.8 Å². The van der Waals surface area contributed by atoms with Crippen LogP contribution in [-0.4, -0.2) is 25.6 Å². The third-order valence-corrected chi connectivity index (χ3v) is 1.96. The van der Waals surface area contributed by atoms with E-state index in [0.29, 0.717) is 11.2 Å². The second kappa shape index (κ2) is 2.69. The fourth-order valence-corrected chi connectivity index (χ4v) is 1.22. The largest absolute Gasteiger partial charge is 0.477 e. The summed E-state index contributed by atoms with van der Waals surface area (Å²) in [7, 11) is 1.53. The average molecular weight is 193 g/mol. The molecule has 0 atom stereocenters. The number of imidazole rings is 1. The Kier molecular flexibility index (Phi) is 1.63. The first-order chi connectivity index (χ1) is 6.59. The second-order valence-electron chi connectivity index (χ2n) is 2.86. The number of aromatic amines is 1. The number of nitrogens with zero attached hydrogens (tertiary/aromatic N) is 2. The molecule has 72 valence electrons. The number of pyridine rings is 1. The molecule has 0 amide bonds. The van der Waals surface area contributed by atoms with Crippen LogP contribution in [0.25, 0.3) is 11.2 Å². The molecule has 0 aromatic carbocycles. The molecule has 2 heterocycles. The number of fused-ring (bicyclic) bond motifs is 1. The van der Waals surface area contributed by atoms with Gasteiger partial charge >= 0.3 is 11.7 Å². The molecule has 0 saturated carbocycles. The maximum Gasteiger partial charge on any atom is 0.354 e. The van der Waals surface area contributed by atoms with Crippen molar-refractivity contribution in [3.05, 3.63) is 28.3 Å². The van der Waals surface area contributed by atoms with Crippen molar-refractivity contribution in [2.24, 2.45) is 7.05 Å². The molecular weight excluding hydrogens is 186 g/mol. The number of carbonyl (C=O) groups is 1. The van der Waals surface area contributed by atoms with Gasteiger partial charge in [0.05, 0.1) is 5.52 Å². The Morgan fingerprint density at radius 1 is 1.57 bits per heavy atom. The van der Waals surface area contributed by atoms with E-state index >= 15 is 0 Å². The minimum atomic E-state index is -1.11. The maximum atomic E-state index is 11.1. The van der Waals surface area contributed by atoms with E-state index in [1.807, 2.05) is 0 Å². The van der Waals surface area contributed by atoms with Crippen LogP contribution in [-0.2, 0) is 7.05 Å². The molecule has 2 aromatic heterocycles. The van der Waals surface area contributed by atoms with E-state index in [-0.39, 0.29) is 11.4 Å². The Morgan fingerprint density at radius 2 is 2.29 bits per heavy atom. The van der Waals surface area contributed by atoms with Crippen LogP contribution in [0.1, 0.15) is 10.5 Å². The van der Waals surface area contributed by atoms with Crippen LogP contribution in [0.15, 0.2) is 16.9 Å². The van der Waals surface area contributed by atoms with Crippen LogP contribution in [0, 0.1) is 0 Å². The molecule has 0 aliphatic carbocycles. The van der Waals surface area contributed by atoms with Crippen molar-refractivity contribution in [3.8, 4) is 0 Å². The highest BCUT2D eigenvalue weighted by Gasteiger charge is 2.09. The molecular formula is C8H7N3O3. The van der Waals surface area contributed by atoms with Gasteiger partial charge in [-0.1, -0.05) is 0 Å². The first-order valence-corrected chi connectivity index (χ1v) is 3.88. The summed E-state index contributed by atoms with van der Waals surface area (Å²) in [5.74, 6) is -1.11. The van der Waals surface area contributed by atoms with Crippen LogP contribution in [0.3, 0.4) is 0 Å². The highest BCUT2D eigenvalue weighted by Crippen LogP contribution is 2.06. The van der Waals surface area contributed by atoms with Gasteiger partial charge in [-0.3, -0.25) is 4.57 Å². The zero-order chi connectivity index (χ0) is 10.3. The van der Waals surface area contributed by atoms with E-state index < -0.39 is 5.97 Å². The molecule has 14 heavy (non-hydrogen) atoms. The number of rotatable bonds is 1. The van der Waals surface area contributed by atoms with Gasteiger partial charge in [0.15, 0.2) is 11.3 Å². The molecule has 0 aliphatic heterocycles. The summed E-state index contributed by atoms with van der Waals surface area (Å²) in [5, 5.41) is 8.68. The SMILES string of the molecule is Cn1c(=O)[nH]c2ccc(C(=O)O)nc21. The molecule has 0 spiro atoms. The van der Waals surface area contributed by atoms with Crippen LogP contribution in [0.2, 0.25) is 0 Å². The number of carboxylic acid groups (broad SMARTS) is 1. The fourth-order valence-electron chi connectivity index (χ4n) is 1.22. The molecule has 6 heteroatoms. The number of hydrogen-bond donors (Lipinski definition) is 2. The van der Waals surface area contributed by atoms with Gasteiger partial charge in [-0.15, -0.1) is 0 Å². The summed E-state index contributed by atoms with van der Waals surface area (Å²) in [6.45, 7) is 0. The number of aromatic carboxylic acids is 1. The summed E-state index contributed by atoms with van der Waals surface area (Å²) in [6, 6.07) is 2.87. The van der Waals surface area contributed by atoms with Gasteiger partial charge in [0.1, 0.15) is 0 Å². The van der Waals surface area contributed by atoms with Crippen molar-refractivity contribution in [1.82, 2.24) is 14.5 Å². The predicted molar refractivity (Wildman–Crippen MR) is 48.3 cm³/mol. The number of nitrogens with one attached hydrogen (secondary N) is 1. The smallest absolute Gasteiger partial charge is 0.354 e. The maximum absolute atomic E-state index is 11.1. The molecule has 6 nitrogen and oxygen atoms in total. The Balaban J connectivity index is 2.82. The lowest BCUT2D eigenvalue weighted by Crippen LogP contribution is -2.12. The van der Waals surface area contributed by atoms with Gasteiger partial charge in [-0.25, -0.2) is 14.6 Å². The van der Waals surface area contributed by atoms with Crippen molar-refractivity contribution in [1.29, 1.82) is 0 Å². The monoisotopic (exact) mass is 193 g/mol. The van der Waals surface area contributed by atoms with Gasteiger partial charge < -0.3 is 10.1 Å². The molecule has 0 fully saturated rings. The topological polar surface area (TPSA) is 88.0 Å². The minimum Gasteiger partial charge on any atom is -0.477 e. The third-order valence-electron chi connectivity index (χ3n) is 1.96. The fraction of sp³-hybridized carbons (Fsp3) is 0.125. The molecule has 0 aliphatic rings. The summed E-state index contributed by atoms with van der Waals surface area (Å²) in [5.41, 5.74) is 0.486. The lowest BCUT2D eigenvalue weighted by atomic mass is 10.3. The zero-order valence-electron chi connectivity index (χ0n) is 7.31. The van der Waals surface area contributed by atoms with E-state index in [9.17, 15) is 9.59 Å². The Morgan fingerprint density at radius 3 is 2.93 bits per heavy atom. The van der Waals surface area contributed by atoms with E-state index in [1.165, 1.54) is 23.7 Å². The quantitative estimate of drug-likeness (QED) is 0.665. The van der Waals surface area contributed by atoms with Crippen LogP contribution in [0.4, 0.5) is 0 Å². The standard InChI is InChI=1S/C8H7N3O3/c1-11-6-4(10-8(11)14)2-3-5(9-6)7(12)13/h2-3H,1H3,(H,10,14)(H,12,13). The van der Waals surface area contributed by atoms with Gasteiger partial charge in [0.25, 0.3) is 0 Å². The van der Waals surface area contributed by atoms with Gasteiger partial charge in [-0.05, 0) is 12.1 Å². The zero-order valence-corrected chi connectivity index (χ0v) is 7.31. The van der Waals surface area contributed by atoms with E-state index in [1.54, 1.807) is 0 Å². The van der Waals surface area contributed by atoms with Crippen molar-refractivity contribution in [2.75, 3.05) is 0 Å². The van der Waals surface area contributed by atoms with Crippen molar-refractivity contribution < 1.29 is 9.90 Å². The number of aromatic nitrogens is 3. The summed E-state index contributed by atoms with van der Waals surface area (Å²) >= 11 is 0. The van der Waals surface area contributed by atoms with Crippen LogP contribution in [0.5, 0.6) is 0 Å². The predicted octanol–water partition coefficient (Wildman–Crippen LogP) is -0.0402. The van der Waals surface area contributed by atoms with Crippen molar-refractivity contribution in [2.45, 2.75) is 0 Å². The van der Waals surface area contributed by atoms with E-state index in [4.69, 9.17) is 5.11 Å². The number of hydrogen-bond acceptors (Lipinski definition) is 3. The lowest BCUT2D eigenvalue weighted by Gasteiger charge is -1.94. The van der Waals surface area contributed by atoms with Gasteiger partial charge in [-0.2, -0.15) is 0 Å². The second-order valence-corrected chi connectivity index (χ2v) is 2.86. The van der Waals surface area contributed by atoms with E-state index in [2.05, 4.69) is 9.97 Å². The molecule has 2 aromatic rings. The highest BCUT2D eigenvalue weighted by atomic mass is 16.4. The highest BCUT2D eigenvalue weighted by molar-refractivity contribution is 5.88. The lowest BCUT2D eigenvalue weighted by molar-refractivity contribution is 0.0691. The average Bonchev–Trinajstić information content (AvgIpc) is 2.43. The minimum absolute atomic E-state index is 0.0768. The molecule has 2 N–H and O–H groups in total. The van der Waals surface area contributed by atoms with Crippen molar-refractivity contribution in [3.63, 3.8) is 0 Å². The third kappa shape index (κ3) is 1.08. The summed E-state index contributed by atoms with van der Waals surface area (Å²) in [6.07, 6.45) is 0. The number of carboxylic acids is 1. The molecule has 0 radical (unpaired) electrons.